The molecule has 1 fully saturated rings. The van der Waals surface area contributed by atoms with Crippen molar-refractivity contribution in [3.05, 3.63) is 30.1 Å². The molecule has 1 aromatic heterocycles. The summed E-state index contributed by atoms with van der Waals surface area (Å²) >= 11 is 0. The third-order valence-corrected chi connectivity index (χ3v) is 3.03. The largest absolute Gasteiger partial charge is 0.392 e. The van der Waals surface area contributed by atoms with E-state index in [1.807, 2.05) is 31.5 Å². The summed E-state index contributed by atoms with van der Waals surface area (Å²) in [6, 6.07) is 4.27. The van der Waals surface area contributed by atoms with Gasteiger partial charge in [0.2, 0.25) is 0 Å². The minimum Gasteiger partial charge on any atom is -0.392 e. The SMILES string of the molecule is CC(O)C1CN(Cc2ccncc2)CCN1. The predicted molar refractivity (Wildman–Crippen MR) is 63.0 cm³/mol. The van der Waals surface area contributed by atoms with Crippen molar-refractivity contribution in [2.45, 2.75) is 25.6 Å². The van der Waals surface area contributed by atoms with Crippen LogP contribution in [0.1, 0.15) is 12.5 Å². The number of aliphatic hydroxyl groups excluding tert-OH is 1. The Morgan fingerprint density at radius 2 is 2.31 bits per heavy atom. The van der Waals surface area contributed by atoms with E-state index in [0.29, 0.717) is 0 Å². The summed E-state index contributed by atoms with van der Waals surface area (Å²) in [5, 5.41) is 12.9. The highest BCUT2D eigenvalue weighted by Crippen LogP contribution is 2.08. The molecule has 1 saturated heterocycles. The molecule has 0 spiro atoms. The normalized spacial score (nSPS) is 24.2. The molecule has 0 amide bonds. The number of nitrogens with one attached hydrogen (secondary N) is 1. The van der Waals surface area contributed by atoms with Crippen LogP contribution in [-0.2, 0) is 6.54 Å². The molecule has 1 aliphatic heterocycles. The van der Waals surface area contributed by atoms with Gasteiger partial charge in [-0.1, -0.05) is 0 Å². The van der Waals surface area contributed by atoms with E-state index in [4.69, 9.17) is 0 Å². The number of pyridine rings is 1. The number of hydrogen-bond donors (Lipinski definition) is 2. The Kier molecular flexibility index (Phi) is 3.88. The van der Waals surface area contributed by atoms with Crippen LogP contribution in [0.15, 0.2) is 24.5 Å². The van der Waals surface area contributed by atoms with Crippen LogP contribution in [0.2, 0.25) is 0 Å². The van der Waals surface area contributed by atoms with Gasteiger partial charge in [-0.2, -0.15) is 0 Å². The molecule has 2 rings (SSSR count). The summed E-state index contributed by atoms with van der Waals surface area (Å²) in [5.41, 5.74) is 1.28. The molecular weight excluding hydrogens is 202 g/mol. The summed E-state index contributed by atoms with van der Waals surface area (Å²) in [6.45, 7) is 5.66. The summed E-state index contributed by atoms with van der Waals surface area (Å²) < 4.78 is 0. The highest BCUT2D eigenvalue weighted by Gasteiger charge is 2.22. The third-order valence-electron chi connectivity index (χ3n) is 3.03. The summed E-state index contributed by atoms with van der Waals surface area (Å²) in [4.78, 5) is 6.38. The first kappa shape index (κ1) is 11.5. The maximum absolute atomic E-state index is 9.56. The van der Waals surface area contributed by atoms with Gasteiger partial charge >= 0.3 is 0 Å². The van der Waals surface area contributed by atoms with Crippen LogP contribution >= 0.6 is 0 Å². The molecule has 0 saturated carbocycles. The maximum Gasteiger partial charge on any atom is 0.0677 e. The van der Waals surface area contributed by atoms with Crippen molar-refractivity contribution in [3.63, 3.8) is 0 Å². The van der Waals surface area contributed by atoms with Gasteiger partial charge in [0.25, 0.3) is 0 Å². The van der Waals surface area contributed by atoms with E-state index in [1.54, 1.807) is 0 Å². The van der Waals surface area contributed by atoms with Gasteiger partial charge in [-0.15, -0.1) is 0 Å². The van der Waals surface area contributed by atoms with E-state index in [9.17, 15) is 5.11 Å². The monoisotopic (exact) mass is 221 g/mol. The van der Waals surface area contributed by atoms with Crippen molar-refractivity contribution in [2.24, 2.45) is 0 Å². The minimum absolute atomic E-state index is 0.190. The average Bonchev–Trinajstić information content (AvgIpc) is 2.30. The van der Waals surface area contributed by atoms with E-state index >= 15 is 0 Å². The molecule has 4 heteroatoms. The lowest BCUT2D eigenvalue weighted by molar-refractivity contribution is 0.0887. The van der Waals surface area contributed by atoms with Crippen LogP contribution in [0.5, 0.6) is 0 Å². The number of aromatic nitrogens is 1. The Morgan fingerprint density at radius 1 is 1.56 bits per heavy atom. The number of nitrogens with zero attached hydrogens (tertiary/aromatic N) is 2. The van der Waals surface area contributed by atoms with Crippen molar-refractivity contribution in [1.82, 2.24) is 15.2 Å². The molecule has 0 aliphatic carbocycles. The molecule has 16 heavy (non-hydrogen) atoms. The van der Waals surface area contributed by atoms with Gasteiger partial charge in [-0.05, 0) is 24.6 Å². The fourth-order valence-electron chi connectivity index (χ4n) is 2.06. The molecule has 1 aromatic rings. The lowest BCUT2D eigenvalue weighted by atomic mass is 10.1. The summed E-state index contributed by atoms with van der Waals surface area (Å²) in [7, 11) is 0. The van der Waals surface area contributed by atoms with E-state index in [-0.39, 0.29) is 12.1 Å². The van der Waals surface area contributed by atoms with Crippen molar-refractivity contribution in [2.75, 3.05) is 19.6 Å². The van der Waals surface area contributed by atoms with Crippen LogP contribution in [0.4, 0.5) is 0 Å². The fraction of sp³-hybridized carbons (Fsp3) is 0.583. The van der Waals surface area contributed by atoms with Gasteiger partial charge in [-0.25, -0.2) is 0 Å². The number of rotatable bonds is 3. The topological polar surface area (TPSA) is 48.4 Å². The Labute approximate surface area is 96.3 Å². The quantitative estimate of drug-likeness (QED) is 0.767. The Morgan fingerprint density at radius 3 is 3.00 bits per heavy atom. The second kappa shape index (κ2) is 5.39. The summed E-state index contributed by atoms with van der Waals surface area (Å²) in [5.74, 6) is 0. The zero-order valence-corrected chi connectivity index (χ0v) is 9.63. The number of aliphatic hydroxyl groups is 1. The molecule has 88 valence electrons. The average molecular weight is 221 g/mol. The van der Waals surface area contributed by atoms with E-state index in [2.05, 4.69) is 15.2 Å². The van der Waals surface area contributed by atoms with Gasteiger partial charge in [0.1, 0.15) is 0 Å². The van der Waals surface area contributed by atoms with Gasteiger partial charge in [0.15, 0.2) is 0 Å². The molecule has 0 aromatic carbocycles. The smallest absolute Gasteiger partial charge is 0.0677 e. The predicted octanol–water partition coefficient (Wildman–Crippen LogP) is 0.236. The van der Waals surface area contributed by atoms with Crippen LogP contribution in [0.25, 0.3) is 0 Å². The first-order valence-corrected chi connectivity index (χ1v) is 5.78. The second-order valence-electron chi connectivity index (χ2n) is 4.39. The summed E-state index contributed by atoms with van der Waals surface area (Å²) in [6.07, 6.45) is 3.35. The highest BCUT2D eigenvalue weighted by molar-refractivity contribution is 5.09. The number of hydrogen-bond acceptors (Lipinski definition) is 4. The van der Waals surface area contributed by atoms with Crippen molar-refractivity contribution >= 4 is 0 Å². The highest BCUT2D eigenvalue weighted by atomic mass is 16.3. The molecule has 2 unspecified atom stereocenters. The molecule has 2 N–H and O–H groups in total. The van der Waals surface area contributed by atoms with Crippen LogP contribution in [0, 0.1) is 0 Å². The van der Waals surface area contributed by atoms with Gasteiger partial charge < -0.3 is 10.4 Å². The van der Waals surface area contributed by atoms with Crippen molar-refractivity contribution in [1.29, 1.82) is 0 Å². The standard InChI is InChI=1S/C12H19N3O/c1-10(16)12-9-15(7-6-14-12)8-11-2-4-13-5-3-11/h2-5,10,12,14,16H,6-9H2,1H3. The lowest BCUT2D eigenvalue weighted by Crippen LogP contribution is -2.54. The minimum atomic E-state index is -0.291. The van der Waals surface area contributed by atoms with Crippen molar-refractivity contribution in [3.8, 4) is 0 Å². The first-order valence-electron chi connectivity index (χ1n) is 5.78. The molecular formula is C12H19N3O. The van der Waals surface area contributed by atoms with E-state index < -0.39 is 0 Å². The number of piperazine rings is 1. The second-order valence-corrected chi connectivity index (χ2v) is 4.39. The van der Waals surface area contributed by atoms with Gasteiger partial charge in [0.05, 0.1) is 6.10 Å². The molecule has 2 heterocycles. The van der Waals surface area contributed by atoms with Crippen LogP contribution in [0.3, 0.4) is 0 Å². The van der Waals surface area contributed by atoms with Crippen LogP contribution in [-0.4, -0.2) is 46.8 Å². The Bertz CT molecular complexity index is 315. The Hall–Kier alpha value is -0.970. The van der Waals surface area contributed by atoms with Gasteiger partial charge in [0, 0.05) is 44.6 Å². The first-order chi connectivity index (χ1) is 7.75. The third kappa shape index (κ3) is 3.01. The van der Waals surface area contributed by atoms with E-state index in [1.165, 1.54) is 5.56 Å². The molecule has 2 atom stereocenters. The molecule has 1 aliphatic rings. The maximum atomic E-state index is 9.56. The molecule has 4 nitrogen and oxygen atoms in total. The van der Waals surface area contributed by atoms with E-state index in [0.717, 1.165) is 26.2 Å². The Balaban J connectivity index is 1.90. The van der Waals surface area contributed by atoms with Crippen LogP contribution < -0.4 is 5.32 Å². The molecule has 0 radical (unpaired) electrons. The zero-order valence-electron chi connectivity index (χ0n) is 9.63. The molecule has 0 bridgehead atoms. The fourth-order valence-corrected chi connectivity index (χ4v) is 2.06. The van der Waals surface area contributed by atoms with Crippen molar-refractivity contribution < 1.29 is 5.11 Å². The zero-order chi connectivity index (χ0) is 11.4. The lowest BCUT2D eigenvalue weighted by Gasteiger charge is -2.35. The van der Waals surface area contributed by atoms with Gasteiger partial charge in [-0.3, -0.25) is 9.88 Å².